The Hall–Kier alpha value is -3.03. The van der Waals surface area contributed by atoms with Crippen LogP contribution >= 0.6 is 0 Å². The van der Waals surface area contributed by atoms with Gasteiger partial charge >= 0.3 is 0 Å². The highest BCUT2D eigenvalue weighted by molar-refractivity contribution is 5.97. The van der Waals surface area contributed by atoms with Gasteiger partial charge in [0.15, 0.2) is 11.9 Å². The molecule has 0 fully saturated rings. The summed E-state index contributed by atoms with van der Waals surface area (Å²) in [6.45, 7) is 6.62. The zero-order chi connectivity index (χ0) is 20.5. The third-order valence-corrected chi connectivity index (χ3v) is 4.05. The van der Waals surface area contributed by atoms with Crippen LogP contribution in [0, 0.1) is 0 Å². The average Bonchev–Trinajstić information content (AvgIpc) is 2.64. The number of aromatic nitrogens is 1. The van der Waals surface area contributed by atoms with Crippen LogP contribution in [0.25, 0.3) is 10.9 Å². The van der Waals surface area contributed by atoms with Gasteiger partial charge in [-0.15, -0.1) is 0 Å². The SMILES string of the molecule is COc1cc(N[C@H](C)CCCN=C(N)NC(N)=NC(C)C)c2ncccc2c1. The van der Waals surface area contributed by atoms with Gasteiger partial charge in [-0.3, -0.25) is 20.3 Å². The summed E-state index contributed by atoms with van der Waals surface area (Å²) in [6, 6.07) is 8.26. The van der Waals surface area contributed by atoms with Crippen LogP contribution in [0.15, 0.2) is 40.4 Å². The fourth-order valence-electron chi connectivity index (χ4n) is 2.81. The zero-order valence-electron chi connectivity index (χ0n) is 17.1. The van der Waals surface area contributed by atoms with Crippen molar-refractivity contribution < 1.29 is 4.74 Å². The van der Waals surface area contributed by atoms with Crippen molar-refractivity contribution in [2.24, 2.45) is 21.5 Å². The number of methoxy groups -OCH3 is 1. The van der Waals surface area contributed by atoms with Crippen LogP contribution in [-0.4, -0.2) is 42.6 Å². The molecule has 1 heterocycles. The lowest BCUT2D eigenvalue weighted by molar-refractivity contribution is 0.415. The summed E-state index contributed by atoms with van der Waals surface area (Å²) in [4.78, 5) is 12.9. The molecule has 0 unspecified atom stereocenters. The first kappa shape index (κ1) is 21.3. The molecule has 0 bridgehead atoms. The van der Waals surface area contributed by atoms with Crippen molar-refractivity contribution in [3.05, 3.63) is 30.5 Å². The first-order valence-electron chi connectivity index (χ1n) is 9.48. The number of nitrogens with zero attached hydrogens (tertiary/aromatic N) is 3. The lowest BCUT2D eigenvalue weighted by atomic mass is 10.1. The van der Waals surface area contributed by atoms with Gasteiger partial charge in [0.1, 0.15) is 5.75 Å². The van der Waals surface area contributed by atoms with E-state index >= 15 is 0 Å². The Kier molecular flexibility index (Phi) is 7.86. The molecule has 0 saturated carbocycles. The number of nitrogens with two attached hydrogens (primary N) is 2. The van der Waals surface area contributed by atoms with E-state index in [1.54, 1.807) is 13.3 Å². The Morgan fingerprint density at radius 1 is 1.21 bits per heavy atom. The molecular weight excluding hydrogens is 354 g/mol. The minimum atomic E-state index is 0.106. The van der Waals surface area contributed by atoms with Crippen molar-refractivity contribution in [2.45, 2.75) is 45.7 Å². The van der Waals surface area contributed by atoms with Crippen LogP contribution in [0.3, 0.4) is 0 Å². The number of rotatable bonds is 8. The number of aliphatic imine (C=N–C) groups is 2. The van der Waals surface area contributed by atoms with Gasteiger partial charge in [0.2, 0.25) is 0 Å². The molecule has 0 radical (unpaired) electrons. The summed E-state index contributed by atoms with van der Waals surface area (Å²) in [5, 5.41) is 7.36. The summed E-state index contributed by atoms with van der Waals surface area (Å²) in [7, 11) is 1.67. The maximum atomic E-state index is 5.83. The number of fused-ring (bicyclic) bond motifs is 1. The van der Waals surface area contributed by atoms with Crippen LogP contribution in [-0.2, 0) is 0 Å². The van der Waals surface area contributed by atoms with Gasteiger partial charge in [0.05, 0.1) is 18.3 Å². The fraction of sp³-hybridized carbons (Fsp3) is 0.450. The predicted octanol–water partition coefficient (Wildman–Crippen LogP) is 2.45. The molecule has 0 spiro atoms. The summed E-state index contributed by atoms with van der Waals surface area (Å²) in [5.41, 5.74) is 13.5. The number of benzene rings is 1. The van der Waals surface area contributed by atoms with Gasteiger partial charge in [-0.05, 0) is 45.7 Å². The van der Waals surface area contributed by atoms with E-state index in [4.69, 9.17) is 16.2 Å². The molecule has 1 aromatic heterocycles. The van der Waals surface area contributed by atoms with Gasteiger partial charge in [0.25, 0.3) is 0 Å². The first-order valence-corrected chi connectivity index (χ1v) is 9.48. The minimum absolute atomic E-state index is 0.106. The molecule has 8 nitrogen and oxygen atoms in total. The standard InChI is InChI=1S/C20H31N7O/c1-13(2)25-20(22)27-19(21)24-10-5-7-14(3)26-17-12-16(28-4)11-15-8-6-9-23-18(15)17/h6,8-9,11-14,26H,5,7,10H2,1-4H3,(H5,21,22,24,25,27)/t14-/m1/s1. The van der Waals surface area contributed by atoms with Crippen LogP contribution in [0.5, 0.6) is 5.75 Å². The number of hydrogen-bond donors (Lipinski definition) is 4. The molecule has 1 atom stereocenters. The molecule has 0 amide bonds. The van der Waals surface area contributed by atoms with E-state index in [9.17, 15) is 0 Å². The molecule has 1 aromatic carbocycles. The van der Waals surface area contributed by atoms with Crippen molar-refractivity contribution >= 4 is 28.5 Å². The van der Waals surface area contributed by atoms with Crippen LogP contribution < -0.4 is 26.8 Å². The summed E-state index contributed by atoms with van der Waals surface area (Å²) in [5.74, 6) is 1.37. The Bertz CT molecular complexity index is 832. The molecule has 152 valence electrons. The van der Waals surface area contributed by atoms with E-state index in [0.717, 1.165) is 35.2 Å². The Balaban J connectivity index is 1.89. The second-order valence-electron chi connectivity index (χ2n) is 6.94. The van der Waals surface area contributed by atoms with E-state index in [1.165, 1.54) is 0 Å². The predicted molar refractivity (Wildman–Crippen MR) is 117 cm³/mol. The Morgan fingerprint density at radius 3 is 2.71 bits per heavy atom. The minimum Gasteiger partial charge on any atom is -0.497 e. The maximum absolute atomic E-state index is 5.83. The van der Waals surface area contributed by atoms with Crippen molar-refractivity contribution in [2.75, 3.05) is 19.0 Å². The van der Waals surface area contributed by atoms with E-state index in [1.807, 2.05) is 38.1 Å². The van der Waals surface area contributed by atoms with E-state index < -0.39 is 0 Å². The molecule has 0 aliphatic heterocycles. The number of ether oxygens (including phenoxy) is 1. The number of guanidine groups is 2. The second kappa shape index (κ2) is 10.3. The topological polar surface area (TPSA) is 123 Å². The lowest BCUT2D eigenvalue weighted by Crippen LogP contribution is -2.42. The van der Waals surface area contributed by atoms with Crippen LogP contribution in [0.2, 0.25) is 0 Å². The van der Waals surface area contributed by atoms with E-state index in [0.29, 0.717) is 6.54 Å². The molecule has 6 N–H and O–H groups in total. The van der Waals surface area contributed by atoms with E-state index in [-0.39, 0.29) is 24.0 Å². The smallest absolute Gasteiger partial charge is 0.195 e. The van der Waals surface area contributed by atoms with Gasteiger partial charge in [-0.1, -0.05) is 6.07 Å². The summed E-state index contributed by atoms with van der Waals surface area (Å²) in [6.07, 6.45) is 3.61. The number of pyridine rings is 1. The van der Waals surface area contributed by atoms with Crippen molar-refractivity contribution in [3.63, 3.8) is 0 Å². The molecule has 0 aliphatic carbocycles. The van der Waals surface area contributed by atoms with Crippen molar-refractivity contribution in [1.82, 2.24) is 10.3 Å². The third kappa shape index (κ3) is 6.61. The van der Waals surface area contributed by atoms with Gasteiger partial charge in [-0.25, -0.2) is 0 Å². The van der Waals surface area contributed by atoms with Crippen LogP contribution in [0.4, 0.5) is 5.69 Å². The molecule has 8 heteroatoms. The Morgan fingerprint density at radius 2 is 2.00 bits per heavy atom. The quantitative estimate of drug-likeness (QED) is 0.314. The molecule has 28 heavy (non-hydrogen) atoms. The molecule has 2 aromatic rings. The maximum Gasteiger partial charge on any atom is 0.195 e. The number of hydrogen-bond acceptors (Lipinski definition) is 5. The highest BCUT2D eigenvalue weighted by Crippen LogP contribution is 2.28. The summed E-state index contributed by atoms with van der Waals surface area (Å²) >= 11 is 0. The van der Waals surface area contributed by atoms with Crippen molar-refractivity contribution in [1.29, 1.82) is 0 Å². The van der Waals surface area contributed by atoms with Gasteiger partial charge < -0.3 is 21.5 Å². The second-order valence-corrected chi connectivity index (χ2v) is 6.94. The van der Waals surface area contributed by atoms with Crippen LogP contribution in [0.1, 0.15) is 33.6 Å². The number of nitrogens with one attached hydrogen (secondary N) is 2. The van der Waals surface area contributed by atoms with Gasteiger partial charge in [-0.2, -0.15) is 0 Å². The molecular formula is C20H31N7O. The normalized spacial score (nSPS) is 13.6. The highest BCUT2D eigenvalue weighted by Gasteiger charge is 2.09. The first-order chi connectivity index (χ1) is 13.4. The lowest BCUT2D eigenvalue weighted by Gasteiger charge is -2.17. The summed E-state index contributed by atoms with van der Waals surface area (Å²) < 4.78 is 5.40. The molecule has 0 aliphatic rings. The third-order valence-electron chi connectivity index (χ3n) is 4.05. The zero-order valence-corrected chi connectivity index (χ0v) is 17.1. The number of anilines is 1. The average molecular weight is 386 g/mol. The Labute approximate surface area is 166 Å². The molecule has 0 saturated heterocycles. The van der Waals surface area contributed by atoms with Gasteiger partial charge in [0, 0.05) is 36.3 Å². The fourth-order valence-corrected chi connectivity index (χ4v) is 2.81. The molecule has 2 rings (SSSR count). The monoisotopic (exact) mass is 385 g/mol. The van der Waals surface area contributed by atoms with E-state index in [2.05, 4.69) is 32.5 Å². The van der Waals surface area contributed by atoms with Crippen molar-refractivity contribution in [3.8, 4) is 5.75 Å². The largest absolute Gasteiger partial charge is 0.497 e. The highest BCUT2D eigenvalue weighted by atomic mass is 16.5.